The maximum absolute atomic E-state index is 12.4. The first-order valence-corrected chi connectivity index (χ1v) is 7.92. The lowest BCUT2D eigenvalue weighted by atomic mass is 10.3. The van der Waals surface area contributed by atoms with Crippen molar-refractivity contribution in [1.82, 2.24) is 0 Å². The molecule has 0 N–H and O–H groups in total. The second-order valence-corrected chi connectivity index (χ2v) is 5.77. The van der Waals surface area contributed by atoms with Crippen LogP contribution in [0.15, 0.2) is 28.7 Å². The summed E-state index contributed by atoms with van der Waals surface area (Å²) in [6.07, 6.45) is 1.70. The van der Waals surface area contributed by atoms with Crippen molar-refractivity contribution in [3.05, 3.63) is 33.5 Å². The van der Waals surface area contributed by atoms with Crippen LogP contribution in [0.1, 0.15) is 20.3 Å². The van der Waals surface area contributed by atoms with Gasteiger partial charge < -0.3 is 14.3 Å². The van der Waals surface area contributed by atoms with E-state index in [0.29, 0.717) is 41.2 Å². The van der Waals surface area contributed by atoms with Gasteiger partial charge in [-0.05, 0) is 13.8 Å². The van der Waals surface area contributed by atoms with Gasteiger partial charge in [0.15, 0.2) is 11.0 Å². The number of oxime groups is 1. The lowest BCUT2D eigenvalue weighted by Crippen LogP contribution is -2.03. The van der Waals surface area contributed by atoms with Gasteiger partial charge in [-0.2, -0.15) is 4.39 Å². The molecule has 0 aliphatic rings. The zero-order chi connectivity index (χ0) is 17.2. The molecule has 0 unspecified atom stereocenters. The van der Waals surface area contributed by atoms with E-state index in [2.05, 4.69) is 5.16 Å². The molecule has 8 heteroatoms. The van der Waals surface area contributed by atoms with Crippen molar-refractivity contribution in [1.29, 1.82) is 0 Å². The minimum Gasteiger partial charge on any atom is -0.490 e. The molecule has 0 saturated heterocycles. The summed E-state index contributed by atoms with van der Waals surface area (Å²) >= 11 is 17.3. The Hall–Kier alpha value is -1.17. The second kappa shape index (κ2) is 10.6. The summed E-state index contributed by atoms with van der Waals surface area (Å²) in [6.45, 7) is 4.46. The highest BCUT2D eigenvalue weighted by Gasteiger charge is 2.10. The van der Waals surface area contributed by atoms with E-state index in [9.17, 15) is 4.39 Å². The SMILES string of the molecule is CC(C)=NOCCCOc1c(Cl)cc(OC/C=C(\F)Cl)cc1Cl. The highest BCUT2D eigenvalue weighted by molar-refractivity contribution is 6.37. The van der Waals surface area contributed by atoms with Crippen LogP contribution in [0.4, 0.5) is 4.39 Å². The lowest BCUT2D eigenvalue weighted by Gasteiger charge is -2.12. The van der Waals surface area contributed by atoms with Crippen LogP contribution in [-0.2, 0) is 4.84 Å². The molecule has 4 nitrogen and oxygen atoms in total. The van der Waals surface area contributed by atoms with Crippen molar-refractivity contribution in [2.24, 2.45) is 5.16 Å². The number of benzene rings is 1. The number of halogens is 4. The summed E-state index contributed by atoms with van der Waals surface area (Å²) in [6, 6.07) is 3.06. The third-order valence-corrected chi connectivity index (χ3v) is 3.05. The smallest absolute Gasteiger partial charge is 0.188 e. The zero-order valence-corrected chi connectivity index (χ0v) is 15.0. The Kier molecular flexibility index (Phi) is 9.14. The van der Waals surface area contributed by atoms with E-state index >= 15 is 0 Å². The zero-order valence-electron chi connectivity index (χ0n) is 12.7. The van der Waals surface area contributed by atoms with Gasteiger partial charge in [0.1, 0.15) is 19.0 Å². The van der Waals surface area contributed by atoms with Crippen LogP contribution >= 0.6 is 34.8 Å². The Morgan fingerprint density at radius 3 is 2.39 bits per heavy atom. The van der Waals surface area contributed by atoms with Crippen LogP contribution < -0.4 is 9.47 Å². The summed E-state index contributed by atoms with van der Waals surface area (Å²) in [4.78, 5) is 5.05. The summed E-state index contributed by atoms with van der Waals surface area (Å²) in [5.74, 6) is 0.743. The molecule has 0 fully saturated rings. The first-order valence-electron chi connectivity index (χ1n) is 6.79. The van der Waals surface area contributed by atoms with Crippen molar-refractivity contribution in [2.45, 2.75) is 20.3 Å². The van der Waals surface area contributed by atoms with E-state index in [4.69, 9.17) is 49.1 Å². The van der Waals surface area contributed by atoms with Gasteiger partial charge in [-0.15, -0.1) is 0 Å². The van der Waals surface area contributed by atoms with Gasteiger partial charge in [-0.3, -0.25) is 0 Å². The number of nitrogens with zero attached hydrogens (tertiary/aromatic N) is 1. The number of ether oxygens (including phenoxy) is 2. The molecule has 1 aromatic rings. The second-order valence-electron chi connectivity index (χ2n) is 4.59. The van der Waals surface area contributed by atoms with E-state index in [1.807, 2.05) is 13.8 Å². The Bertz CT molecular complexity index is 548. The molecule has 0 atom stereocenters. The normalized spacial score (nSPS) is 11.1. The molecular formula is C15H17Cl3FNO3. The molecule has 128 valence electrons. The molecule has 0 bridgehead atoms. The van der Waals surface area contributed by atoms with Crippen molar-refractivity contribution >= 4 is 40.5 Å². The fraction of sp³-hybridized carbons (Fsp3) is 0.400. The van der Waals surface area contributed by atoms with Gasteiger partial charge in [-0.1, -0.05) is 40.0 Å². The molecule has 0 aliphatic carbocycles. The molecule has 0 heterocycles. The Morgan fingerprint density at radius 1 is 1.17 bits per heavy atom. The third kappa shape index (κ3) is 8.30. The molecule has 1 aromatic carbocycles. The highest BCUT2D eigenvalue weighted by atomic mass is 35.5. The third-order valence-electron chi connectivity index (χ3n) is 2.33. The minimum absolute atomic E-state index is 0.0309. The molecule has 0 aliphatic heterocycles. The van der Waals surface area contributed by atoms with Gasteiger partial charge in [0.25, 0.3) is 0 Å². The fourth-order valence-electron chi connectivity index (χ4n) is 1.43. The van der Waals surface area contributed by atoms with E-state index in [-0.39, 0.29) is 6.61 Å². The van der Waals surface area contributed by atoms with E-state index in [0.717, 1.165) is 11.8 Å². The number of rotatable bonds is 9. The minimum atomic E-state index is -0.841. The standard InChI is InChI=1S/C15H17Cl3FNO3/c1-10(2)20-23-6-3-5-22-15-12(16)8-11(9-13(15)17)21-7-4-14(18)19/h4,8-9H,3,5-7H2,1-2H3/b14-4-. The van der Waals surface area contributed by atoms with Crippen LogP contribution in [0.3, 0.4) is 0 Å². The molecule has 0 radical (unpaired) electrons. The van der Waals surface area contributed by atoms with E-state index in [1.165, 1.54) is 12.1 Å². The number of hydrogen-bond donors (Lipinski definition) is 0. The van der Waals surface area contributed by atoms with Crippen LogP contribution in [0.25, 0.3) is 0 Å². The van der Waals surface area contributed by atoms with Crippen molar-refractivity contribution in [3.63, 3.8) is 0 Å². The Balaban J connectivity index is 2.50. The van der Waals surface area contributed by atoms with Crippen molar-refractivity contribution in [2.75, 3.05) is 19.8 Å². The average molecular weight is 385 g/mol. The molecule has 0 spiro atoms. The maximum atomic E-state index is 12.4. The predicted molar refractivity (Wildman–Crippen MR) is 91.8 cm³/mol. The van der Waals surface area contributed by atoms with Gasteiger partial charge in [0, 0.05) is 24.6 Å². The van der Waals surface area contributed by atoms with Crippen LogP contribution in [0.5, 0.6) is 11.5 Å². The Labute approximate surface area is 149 Å². The predicted octanol–water partition coefficient (Wildman–Crippen LogP) is 5.60. The van der Waals surface area contributed by atoms with Gasteiger partial charge >= 0.3 is 0 Å². The summed E-state index contributed by atoms with van der Waals surface area (Å²) in [7, 11) is 0. The monoisotopic (exact) mass is 383 g/mol. The average Bonchev–Trinajstić information content (AvgIpc) is 2.44. The van der Waals surface area contributed by atoms with Crippen molar-refractivity contribution in [3.8, 4) is 11.5 Å². The lowest BCUT2D eigenvalue weighted by molar-refractivity contribution is 0.127. The molecule has 23 heavy (non-hydrogen) atoms. The van der Waals surface area contributed by atoms with Crippen LogP contribution in [-0.4, -0.2) is 25.5 Å². The summed E-state index contributed by atoms with van der Waals surface area (Å²) in [5.41, 5.74) is 0.844. The topological polar surface area (TPSA) is 40.0 Å². The number of hydrogen-bond acceptors (Lipinski definition) is 4. The molecular weight excluding hydrogens is 368 g/mol. The Morgan fingerprint density at radius 2 is 1.83 bits per heavy atom. The van der Waals surface area contributed by atoms with E-state index in [1.54, 1.807) is 0 Å². The highest BCUT2D eigenvalue weighted by Crippen LogP contribution is 2.37. The van der Waals surface area contributed by atoms with Crippen LogP contribution in [0, 0.1) is 0 Å². The van der Waals surface area contributed by atoms with Crippen LogP contribution in [0.2, 0.25) is 10.0 Å². The first kappa shape index (κ1) is 19.9. The summed E-state index contributed by atoms with van der Waals surface area (Å²) in [5, 5.41) is 3.56. The van der Waals surface area contributed by atoms with Gasteiger partial charge in [0.2, 0.25) is 0 Å². The van der Waals surface area contributed by atoms with Crippen molar-refractivity contribution < 1.29 is 18.7 Å². The molecule has 0 amide bonds. The fourth-order valence-corrected chi connectivity index (χ4v) is 2.07. The van der Waals surface area contributed by atoms with E-state index < -0.39 is 5.29 Å². The summed E-state index contributed by atoms with van der Waals surface area (Å²) < 4.78 is 23.1. The molecule has 0 aromatic heterocycles. The first-order chi connectivity index (χ1) is 10.9. The molecule has 0 saturated carbocycles. The molecule has 1 rings (SSSR count). The van der Waals surface area contributed by atoms with Gasteiger partial charge in [0.05, 0.1) is 22.4 Å². The maximum Gasteiger partial charge on any atom is 0.188 e. The quantitative estimate of drug-likeness (QED) is 0.316. The largest absolute Gasteiger partial charge is 0.490 e. The van der Waals surface area contributed by atoms with Gasteiger partial charge in [-0.25, -0.2) is 0 Å².